The van der Waals surface area contributed by atoms with Gasteiger partial charge in [0.15, 0.2) is 0 Å². The number of hydrogen-bond donors (Lipinski definition) is 0. The molecule has 0 radical (unpaired) electrons. The highest BCUT2D eigenvalue weighted by Crippen LogP contribution is 2.35. The van der Waals surface area contributed by atoms with Crippen molar-refractivity contribution in [1.29, 1.82) is 0 Å². The molecule has 30 heavy (non-hydrogen) atoms. The Hall–Kier alpha value is -3.21. The number of rotatable bonds is 3. The van der Waals surface area contributed by atoms with Gasteiger partial charge in [0.05, 0.1) is 5.56 Å². The summed E-state index contributed by atoms with van der Waals surface area (Å²) < 4.78 is 67.1. The van der Waals surface area contributed by atoms with Crippen molar-refractivity contribution in [2.45, 2.75) is 19.5 Å². The molecular weight excluding hydrogens is 395 g/mol. The van der Waals surface area contributed by atoms with Gasteiger partial charge in [-0.25, -0.2) is 8.78 Å². The van der Waals surface area contributed by atoms with Gasteiger partial charge in [0.2, 0.25) is 0 Å². The van der Waals surface area contributed by atoms with Crippen LogP contribution < -0.4 is 0 Å². The first-order chi connectivity index (χ1) is 14.3. The Morgan fingerprint density at radius 1 is 0.700 bits per heavy atom. The van der Waals surface area contributed by atoms with E-state index in [0.717, 1.165) is 29.5 Å². The molecule has 0 fully saturated rings. The smallest absolute Gasteiger partial charge is 0.206 e. The summed E-state index contributed by atoms with van der Waals surface area (Å²) in [6.07, 6.45) is -3.87. The molecule has 4 rings (SSSR count). The fraction of sp³-hybridized carbons (Fsp3) is 0.120. The maximum atomic E-state index is 15.1. The van der Waals surface area contributed by atoms with Gasteiger partial charge in [-0.2, -0.15) is 13.2 Å². The average molecular weight is 412 g/mol. The van der Waals surface area contributed by atoms with E-state index in [1.54, 1.807) is 36.4 Å². The molecule has 4 aromatic rings. The van der Waals surface area contributed by atoms with Crippen molar-refractivity contribution in [1.82, 2.24) is 0 Å². The second kappa shape index (κ2) is 7.56. The summed E-state index contributed by atoms with van der Waals surface area (Å²) in [4.78, 5) is 0. The van der Waals surface area contributed by atoms with E-state index in [-0.39, 0.29) is 5.82 Å². The van der Waals surface area contributed by atoms with E-state index in [4.69, 9.17) is 0 Å². The number of alkyl halides is 3. The number of fused-ring (bicyclic) bond motifs is 1. The summed E-state index contributed by atoms with van der Waals surface area (Å²) >= 11 is 0. The number of aryl methyl sites for hydroxylation is 1. The lowest BCUT2D eigenvalue weighted by molar-refractivity contribution is -0.139. The lowest BCUT2D eigenvalue weighted by Crippen LogP contribution is -2.07. The molecule has 152 valence electrons. The Morgan fingerprint density at radius 3 is 2.00 bits per heavy atom. The monoisotopic (exact) mass is 412 g/mol. The van der Waals surface area contributed by atoms with Gasteiger partial charge >= 0.3 is 6.18 Å². The summed E-state index contributed by atoms with van der Waals surface area (Å²) in [5, 5.41) is 1.35. The van der Waals surface area contributed by atoms with Crippen LogP contribution in [0.4, 0.5) is 22.0 Å². The quantitative estimate of drug-likeness (QED) is 0.299. The standard InChI is InChI=1S/C25H17F5/c1-2-15-3-10-21-19(13-15)8-11-20(24(21)27)17-6-4-16(5-7-17)18-9-12-22(23(26)14-18)25(28,29)30/h3-14H,2H2,1H3. The van der Waals surface area contributed by atoms with Crippen molar-refractivity contribution in [3.63, 3.8) is 0 Å². The predicted molar refractivity (Wildman–Crippen MR) is 109 cm³/mol. The Labute approximate surface area is 170 Å². The molecule has 0 heterocycles. The molecule has 4 aromatic carbocycles. The van der Waals surface area contributed by atoms with Crippen LogP contribution in [-0.4, -0.2) is 0 Å². The van der Waals surface area contributed by atoms with Gasteiger partial charge < -0.3 is 0 Å². The number of hydrogen-bond acceptors (Lipinski definition) is 0. The summed E-state index contributed by atoms with van der Waals surface area (Å²) in [6.45, 7) is 2.04. The number of halogens is 5. The van der Waals surface area contributed by atoms with Gasteiger partial charge in [-0.15, -0.1) is 0 Å². The van der Waals surface area contributed by atoms with Crippen LogP contribution in [0.25, 0.3) is 33.0 Å². The third-order valence-electron chi connectivity index (χ3n) is 5.23. The Kier molecular flexibility index (Phi) is 5.06. The van der Waals surface area contributed by atoms with E-state index >= 15 is 4.39 Å². The molecule has 0 saturated carbocycles. The summed E-state index contributed by atoms with van der Waals surface area (Å²) in [5.41, 5.74) is 1.75. The first-order valence-electron chi connectivity index (χ1n) is 9.46. The molecule has 0 aliphatic carbocycles. The van der Waals surface area contributed by atoms with Crippen molar-refractivity contribution >= 4 is 10.8 Å². The minimum absolute atomic E-state index is 0.318. The molecule has 0 bridgehead atoms. The van der Waals surface area contributed by atoms with Crippen molar-refractivity contribution in [2.24, 2.45) is 0 Å². The van der Waals surface area contributed by atoms with E-state index in [1.165, 1.54) is 6.07 Å². The summed E-state index contributed by atoms with van der Waals surface area (Å²) in [5.74, 6) is -1.65. The second-order valence-electron chi connectivity index (χ2n) is 7.11. The third-order valence-corrected chi connectivity index (χ3v) is 5.23. The fourth-order valence-electron chi connectivity index (χ4n) is 3.55. The third kappa shape index (κ3) is 3.67. The first kappa shape index (κ1) is 20.1. The highest BCUT2D eigenvalue weighted by Gasteiger charge is 2.33. The maximum Gasteiger partial charge on any atom is 0.419 e. The Morgan fingerprint density at radius 2 is 1.37 bits per heavy atom. The van der Waals surface area contributed by atoms with E-state index in [9.17, 15) is 17.6 Å². The first-order valence-corrected chi connectivity index (χ1v) is 9.46. The van der Waals surface area contributed by atoms with Crippen molar-refractivity contribution in [2.75, 3.05) is 0 Å². The SMILES string of the molecule is CCc1ccc2c(F)c(-c3ccc(-c4ccc(C(F)(F)F)c(F)c4)cc3)ccc2c1. The predicted octanol–water partition coefficient (Wildman–Crippen LogP) is 8.03. The average Bonchev–Trinajstić information content (AvgIpc) is 2.73. The van der Waals surface area contributed by atoms with Crippen molar-refractivity contribution < 1.29 is 22.0 Å². The van der Waals surface area contributed by atoms with Crippen LogP contribution in [0.1, 0.15) is 18.1 Å². The molecule has 0 atom stereocenters. The van der Waals surface area contributed by atoms with Gasteiger partial charge in [-0.05, 0) is 46.2 Å². The van der Waals surface area contributed by atoms with Crippen molar-refractivity contribution in [3.8, 4) is 22.3 Å². The minimum atomic E-state index is -4.74. The minimum Gasteiger partial charge on any atom is -0.206 e. The Bertz CT molecular complexity index is 1220. The molecular formula is C25H17F5. The van der Waals surface area contributed by atoms with Gasteiger partial charge in [0, 0.05) is 10.9 Å². The van der Waals surface area contributed by atoms with E-state index < -0.39 is 17.6 Å². The second-order valence-corrected chi connectivity index (χ2v) is 7.11. The van der Waals surface area contributed by atoms with Crippen LogP contribution in [0.15, 0.2) is 72.8 Å². The molecule has 0 N–H and O–H groups in total. The topological polar surface area (TPSA) is 0 Å². The van der Waals surface area contributed by atoms with Gasteiger partial charge in [0.1, 0.15) is 11.6 Å². The van der Waals surface area contributed by atoms with Gasteiger partial charge in [-0.3, -0.25) is 0 Å². The van der Waals surface area contributed by atoms with Gasteiger partial charge in [0.25, 0.3) is 0 Å². The zero-order valence-electron chi connectivity index (χ0n) is 16.0. The van der Waals surface area contributed by atoms with E-state index in [1.807, 2.05) is 25.1 Å². The number of benzene rings is 4. The van der Waals surface area contributed by atoms with Crippen molar-refractivity contribution in [3.05, 3.63) is 95.6 Å². The summed E-state index contributed by atoms with van der Waals surface area (Å²) in [7, 11) is 0. The zero-order chi connectivity index (χ0) is 21.5. The van der Waals surface area contributed by atoms with Crippen LogP contribution >= 0.6 is 0 Å². The lowest BCUT2D eigenvalue weighted by Gasteiger charge is -2.11. The molecule has 0 aromatic heterocycles. The molecule has 0 saturated heterocycles. The Balaban J connectivity index is 1.69. The molecule has 0 spiro atoms. The van der Waals surface area contributed by atoms with Crippen LogP contribution in [0.5, 0.6) is 0 Å². The van der Waals surface area contributed by atoms with Gasteiger partial charge in [-0.1, -0.05) is 67.6 Å². The molecule has 0 unspecified atom stereocenters. The van der Waals surface area contributed by atoms with E-state index in [2.05, 4.69) is 0 Å². The molecule has 0 aliphatic rings. The highest BCUT2D eigenvalue weighted by molar-refractivity contribution is 5.89. The van der Waals surface area contributed by atoms with Crippen LogP contribution in [0.2, 0.25) is 0 Å². The molecule has 0 aliphatic heterocycles. The molecule has 0 amide bonds. The maximum absolute atomic E-state index is 15.1. The normalized spacial score (nSPS) is 11.8. The van der Waals surface area contributed by atoms with Crippen LogP contribution in [0.3, 0.4) is 0 Å². The molecule has 5 heteroatoms. The van der Waals surface area contributed by atoms with Crippen LogP contribution in [0, 0.1) is 11.6 Å². The lowest BCUT2D eigenvalue weighted by atomic mass is 9.96. The fourth-order valence-corrected chi connectivity index (χ4v) is 3.55. The largest absolute Gasteiger partial charge is 0.419 e. The van der Waals surface area contributed by atoms with E-state index in [0.29, 0.717) is 27.6 Å². The molecule has 0 nitrogen and oxygen atoms in total. The summed E-state index contributed by atoms with van der Waals surface area (Å²) in [6, 6.07) is 18.7. The highest BCUT2D eigenvalue weighted by atomic mass is 19.4. The van der Waals surface area contributed by atoms with Crippen LogP contribution in [-0.2, 0) is 12.6 Å². The zero-order valence-corrected chi connectivity index (χ0v) is 16.0.